The van der Waals surface area contributed by atoms with E-state index < -0.39 is 0 Å². The van der Waals surface area contributed by atoms with Gasteiger partial charge in [-0.1, -0.05) is 6.07 Å². The van der Waals surface area contributed by atoms with Gasteiger partial charge in [-0.15, -0.1) is 10.2 Å². The van der Waals surface area contributed by atoms with Crippen LogP contribution in [-0.2, 0) is 4.79 Å². The van der Waals surface area contributed by atoms with Crippen molar-refractivity contribution in [3.8, 4) is 5.82 Å². The molecule has 4 heterocycles. The average Bonchev–Trinajstić information content (AvgIpc) is 3.06. The summed E-state index contributed by atoms with van der Waals surface area (Å²) in [4.78, 5) is 19.2. The molecule has 1 aliphatic heterocycles. The number of nitrogens with zero attached hydrogens (tertiary/aromatic N) is 6. The van der Waals surface area contributed by atoms with Crippen LogP contribution in [0.2, 0.25) is 0 Å². The molecule has 0 saturated carbocycles. The van der Waals surface area contributed by atoms with Gasteiger partial charge in [0.05, 0.1) is 11.6 Å². The van der Waals surface area contributed by atoms with E-state index in [4.69, 9.17) is 0 Å². The van der Waals surface area contributed by atoms with Gasteiger partial charge in [0, 0.05) is 24.5 Å². The summed E-state index contributed by atoms with van der Waals surface area (Å²) in [6, 6.07) is 11.5. The Balaban J connectivity index is 1.44. The quantitative estimate of drug-likeness (QED) is 0.736. The molecule has 1 N–H and O–H groups in total. The third-order valence-electron chi connectivity index (χ3n) is 5.12. The van der Waals surface area contributed by atoms with Gasteiger partial charge in [-0.2, -0.15) is 5.10 Å². The molecule has 0 aromatic carbocycles. The molecule has 4 rings (SSSR count). The molecule has 1 unspecified atom stereocenters. The van der Waals surface area contributed by atoms with Crippen molar-refractivity contribution in [3.63, 3.8) is 0 Å². The van der Waals surface area contributed by atoms with Crippen LogP contribution in [0, 0.1) is 26.7 Å². The Kier molecular flexibility index (Phi) is 5.24. The number of carbonyl (C=O) groups is 1. The molecule has 150 valence electrons. The second-order valence-corrected chi connectivity index (χ2v) is 7.53. The minimum atomic E-state index is -0.108. The van der Waals surface area contributed by atoms with Gasteiger partial charge in [-0.3, -0.25) is 4.79 Å². The SMILES string of the molecule is Cc1cccc(NC(=O)C2CCCN(c3ccc(-n4nc(C)cc4C)nn3)C2)n1. The third-order valence-corrected chi connectivity index (χ3v) is 5.12. The van der Waals surface area contributed by atoms with Crippen molar-refractivity contribution in [1.82, 2.24) is 25.0 Å². The molecule has 0 bridgehead atoms. The molecular weight excluding hydrogens is 366 g/mol. The first kappa shape index (κ1) is 19.0. The molecule has 8 nitrogen and oxygen atoms in total. The zero-order chi connectivity index (χ0) is 20.4. The van der Waals surface area contributed by atoms with Crippen molar-refractivity contribution in [1.29, 1.82) is 0 Å². The number of rotatable bonds is 4. The number of carbonyl (C=O) groups excluding carboxylic acids is 1. The fourth-order valence-electron chi connectivity index (χ4n) is 3.70. The standard InChI is InChI=1S/C21H25N7O/c1-14-6-4-8-18(22-14)23-21(29)17-7-5-11-27(13-17)19-9-10-20(25-24-19)28-16(3)12-15(2)26-28/h4,6,8-10,12,17H,5,7,11,13H2,1-3H3,(H,22,23,29). The average molecular weight is 391 g/mol. The van der Waals surface area contributed by atoms with Crippen LogP contribution in [0.1, 0.15) is 29.9 Å². The minimum absolute atomic E-state index is 0.0000189. The number of amides is 1. The largest absolute Gasteiger partial charge is 0.354 e. The van der Waals surface area contributed by atoms with E-state index in [1.54, 1.807) is 4.68 Å². The molecule has 1 saturated heterocycles. The molecule has 0 radical (unpaired) electrons. The van der Waals surface area contributed by atoms with Crippen LogP contribution in [0.5, 0.6) is 0 Å². The van der Waals surface area contributed by atoms with Crippen molar-refractivity contribution in [3.05, 3.63) is 53.5 Å². The third kappa shape index (κ3) is 4.26. The van der Waals surface area contributed by atoms with E-state index in [-0.39, 0.29) is 11.8 Å². The monoisotopic (exact) mass is 391 g/mol. The molecule has 3 aromatic rings. The molecule has 1 aliphatic rings. The molecule has 0 aliphatic carbocycles. The number of hydrogen-bond acceptors (Lipinski definition) is 6. The van der Waals surface area contributed by atoms with Crippen LogP contribution in [-0.4, -0.2) is 44.0 Å². The highest BCUT2D eigenvalue weighted by atomic mass is 16.2. The van der Waals surface area contributed by atoms with Gasteiger partial charge in [0.2, 0.25) is 5.91 Å². The lowest BCUT2D eigenvalue weighted by Crippen LogP contribution is -2.41. The predicted octanol–water partition coefficient (Wildman–Crippen LogP) is 2.84. The Morgan fingerprint density at radius 3 is 2.55 bits per heavy atom. The first-order valence-electron chi connectivity index (χ1n) is 9.86. The predicted molar refractivity (Wildman–Crippen MR) is 111 cm³/mol. The van der Waals surface area contributed by atoms with E-state index in [1.807, 2.05) is 57.2 Å². The van der Waals surface area contributed by atoms with Crippen molar-refractivity contribution in [2.45, 2.75) is 33.6 Å². The highest BCUT2D eigenvalue weighted by molar-refractivity contribution is 5.92. The maximum Gasteiger partial charge on any atom is 0.230 e. The summed E-state index contributed by atoms with van der Waals surface area (Å²) in [5.41, 5.74) is 2.84. The van der Waals surface area contributed by atoms with Gasteiger partial charge >= 0.3 is 0 Å². The maximum atomic E-state index is 12.7. The topological polar surface area (TPSA) is 88.8 Å². The van der Waals surface area contributed by atoms with Gasteiger partial charge in [0.25, 0.3) is 0 Å². The van der Waals surface area contributed by atoms with Crippen LogP contribution >= 0.6 is 0 Å². The van der Waals surface area contributed by atoms with Crippen LogP contribution < -0.4 is 10.2 Å². The second-order valence-electron chi connectivity index (χ2n) is 7.53. The van der Waals surface area contributed by atoms with Crippen LogP contribution in [0.3, 0.4) is 0 Å². The Bertz CT molecular complexity index is 1010. The van der Waals surface area contributed by atoms with Crippen LogP contribution in [0.4, 0.5) is 11.6 Å². The summed E-state index contributed by atoms with van der Waals surface area (Å²) in [5, 5.41) is 16.1. The molecule has 1 amide bonds. The van der Waals surface area contributed by atoms with E-state index in [2.05, 4.69) is 30.5 Å². The van der Waals surface area contributed by atoms with Crippen molar-refractivity contribution >= 4 is 17.5 Å². The summed E-state index contributed by atoms with van der Waals surface area (Å²) in [6.07, 6.45) is 1.78. The van der Waals surface area contributed by atoms with E-state index in [0.717, 1.165) is 42.3 Å². The Morgan fingerprint density at radius 1 is 1.07 bits per heavy atom. The molecule has 1 atom stereocenters. The fourth-order valence-corrected chi connectivity index (χ4v) is 3.70. The molecule has 3 aromatic heterocycles. The second kappa shape index (κ2) is 7.98. The summed E-state index contributed by atoms with van der Waals surface area (Å²) >= 11 is 0. The van der Waals surface area contributed by atoms with Gasteiger partial charge in [-0.25, -0.2) is 9.67 Å². The van der Waals surface area contributed by atoms with Gasteiger partial charge in [0.1, 0.15) is 5.82 Å². The molecular formula is C21H25N7O. The van der Waals surface area contributed by atoms with Crippen molar-refractivity contribution in [2.24, 2.45) is 5.92 Å². The Hall–Kier alpha value is -3.29. The summed E-state index contributed by atoms with van der Waals surface area (Å²) in [6.45, 7) is 7.33. The number of nitrogens with one attached hydrogen (secondary N) is 1. The van der Waals surface area contributed by atoms with E-state index in [9.17, 15) is 4.79 Å². The number of hydrogen-bond donors (Lipinski definition) is 1. The Labute approximate surface area is 170 Å². The smallest absolute Gasteiger partial charge is 0.230 e. The van der Waals surface area contributed by atoms with Crippen molar-refractivity contribution in [2.75, 3.05) is 23.3 Å². The summed E-state index contributed by atoms with van der Waals surface area (Å²) in [7, 11) is 0. The highest BCUT2D eigenvalue weighted by Gasteiger charge is 2.27. The number of aromatic nitrogens is 5. The number of piperidine rings is 1. The molecule has 0 spiro atoms. The van der Waals surface area contributed by atoms with Gasteiger partial charge in [-0.05, 0) is 63.9 Å². The lowest BCUT2D eigenvalue weighted by molar-refractivity contribution is -0.120. The zero-order valence-corrected chi connectivity index (χ0v) is 17.0. The number of pyridine rings is 1. The normalized spacial score (nSPS) is 16.7. The highest BCUT2D eigenvalue weighted by Crippen LogP contribution is 2.23. The number of aryl methyl sites for hydroxylation is 3. The lowest BCUT2D eigenvalue weighted by atomic mass is 9.97. The fraction of sp³-hybridized carbons (Fsp3) is 0.381. The summed E-state index contributed by atoms with van der Waals surface area (Å²) < 4.78 is 1.79. The van der Waals surface area contributed by atoms with E-state index >= 15 is 0 Å². The van der Waals surface area contributed by atoms with E-state index in [1.165, 1.54) is 0 Å². The minimum Gasteiger partial charge on any atom is -0.354 e. The van der Waals surface area contributed by atoms with Gasteiger partial charge < -0.3 is 10.2 Å². The van der Waals surface area contributed by atoms with Crippen LogP contribution in [0.25, 0.3) is 5.82 Å². The lowest BCUT2D eigenvalue weighted by Gasteiger charge is -2.32. The molecule has 1 fully saturated rings. The summed E-state index contributed by atoms with van der Waals surface area (Å²) in [5.74, 6) is 1.96. The Morgan fingerprint density at radius 2 is 1.86 bits per heavy atom. The first-order valence-corrected chi connectivity index (χ1v) is 9.86. The maximum absolute atomic E-state index is 12.7. The molecule has 8 heteroatoms. The molecule has 29 heavy (non-hydrogen) atoms. The van der Waals surface area contributed by atoms with Crippen molar-refractivity contribution < 1.29 is 4.79 Å². The zero-order valence-electron chi connectivity index (χ0n) is 17.0. The van der Waals surface area contributed by atoms with Crippen LogP contribution in [0.15, 0.2) is 36.4 Å². The number of anilines is 2. The van der Waals surface area contributed by atoms with E-state index in [0.29, 0.717) is 18.2 Å². The van der Waals surface area contributed by atoms with Gasteiger partial charge in [0.15, 0.2) is 11.6 Å². The first-order chi connectivity index (χ1) is 14.0.